The van der Waals surface area contributed by atoms with Gasteiger partial charge < -0.3 is 4.90 Å². The predicted octanol–water partition coefficient (Wildman–Crippen LogP) is 1.38. The summed E-state index contributed by atoms with van der Waals surface area (Å²) in [5.74, 6) is 0. The highest BCUT2D eigenvalue weighted by Crippen LogP contribution is 2.24. The van der Waals surface area contributed by atoms with Crippen molar-refractivity contribution in [2.24, 2.45) is 0 Å². The summed E-state index contributed by atoms with van der Waals surface area (Å²) in [5, 5.41) is 0. The molecule has 0 aromatic carbocycles. The monoisotopic (exact) mass is 148 g/mol. The Morgan fingerprint density at radius 2 is 2.27 bits per heavy atom. The maximum absolute atomic E-state index is 4.46. The molecule has 2 nitrogen and oxygen atoms in total. The molecule has 0 aliphatic carbocycles. The minimum atomic E-state index is 1.10. The number of aromatic nitrogens is 1. The molecule has 0 atom stereocenters. The number of nitrogens with zero attached hydrogens (tertiary/aromatic N) is 2. The van der Waals surface area contributed by atoms with E-state index >= 15 is 0 Å². The lowest BCUT2D eigenvalue weighted by atomic mass is 10.2. The Balaban J connectivity index is 2.50. The molecule has 11 heavy (non-hydrogen) atoms. The maximum atomic E-state index is 4.46. The molecule has 0 saturated heterocycles. The number of aryl methyl sites for hydroxylation is 1. The van der Waals surface area contributed by atoms with Crippen LogP contribution in [0.25, 0.3) is 0 Å². The summed E-state index contributed by atoms with van der Waals surface area (Å²) in [7, 11) is 2.11. The third-order valence-electron chi connectivity index (χ3n) is 2.18. The van der Waals surface area contributed by atoms with E-state index in [2.05, 4.69) is 29.1 Å². The smallest absolute Gasteiger partial charge is 0.0657 e. The van der Waals surface area contributed by atoms with Gasteiger partial charge in [-0.3, -0.25) is 4.98 Å². The van der Waals surface area contributed by atoms with Gasteiger partial charge in [0.2, 0.25) is 0 Å². The third kappa shape index (κ3) is 0.985. The largest absolute Gasteiger partial charge is 0.373 e. The van der Waals surface area contributed by atoms with E-state index in [1.54, 1.807) is 0 Å². The first-order valence-electron chi connectivity index (χ1n) is 3.95. The second-order valence-electron chi connectivity index (χ2n) is 3.09. The third-order valence-corrected chi connectivity index (χ3v) is 2.18. The standard InChI is InChI=1S/C9H12N2/c1-7-3-4-9-8(10-7)5-6-11(9)2/h3-4H,5-6H2,1-2H3. The van der Waals surface area contributed by atoms with Gasteiger partial charge in [0.05, 0.1) is 11.4 Å². The van der Waals surface area contributed by atoms with E-state index in [4.69, 9.17) is 0 Å². The molecule has 2 heterocycles. The fourth-order valence-corrected chi connectivity index (χ4v) is 1.53. The van der Waals surface area contributed by atoms with Gasteiger partial charge in [-0.05, 0) is 19.1 Å². The highest BCUT2D eigenvalue weighted by Gasteiger charge is 2.15. The molecule has 0 amide bonds. The summed E-state index contributed by atoms with van der Waals surface area (Å²) >= 11 is 0. The Morgan fingerprint density at radius 3 is 3.09 bits per heavy atom. The van der Waals surface area contributed by atoms with Crippen LogP contribution in [0.2, 0.25) is 0 Å². The van der Waals surface area contributed by atoms with Crippen molar-refractivity contribution in [3.8, 4) is 0 Å². The van der Waals surface area contributed by atoms with Crippen LogP contribution in [-0.4, -0.2) is 18.6 Å². The van der Waals surface area contributed by atoms with Crippen LogP contribution >= 0.6 is 0 Å². The molecule has 2 heteroatoms. The quantitative estimate of drug-likeness (QED) is 0.552. The molecule has 0 saturated carbocycles. The summed E-state index contributed by atoms with van der Waals surface area (Å²) < 4.78 is 0. The highest BCUT2D eigenvalue weighted by molar-refractivity contribution is 5.54. The molecule has 0 fully saturated rings. The van der Waals surface area contributed by atoms with Crippen molar-refractivity contribution in [3.63, 3.8) is 0 Å². The lowest BCUT2D eigenvalue weighted by molar-refractivity contribution is 0.940. The van der Waals surface area contributed by atoms with Crippen LogP contribution in [0.4, 0.5) is 5.69 Å². The van der Waals surface area contributed by atoms with Crippen molar-refractivity contribution in [2.75, 3.05) is 18.5 Å². The van der Waals surface area contributed by atoms with Crippen molar-refractivity contribution < 1.29 is 0 Å². The molecule has 0 spiro atoms. The van der Waals surface area contributed by atoms with E-state index in [1.807, 2.05) is 6.92 Å². The molecule has 0 unspecified atom stereocenters. The molecule has 0 radical (unpaired) electrons. The van der Waals surface area contributed by atoms with Crippen molar-refractivity contribution in [3.05, 3.63) is 23.5 Å². The van der Waals surface area contributed by atoms with Crippen molar-refractivity contribution >= 4 is 5.69 Å². The highest BCUT2D eigenvalue weighted by atomic mass is 15.1. The SMILES string of the molecule is Cc1ccc2c(n1)CCN2C. The van der Waals surface area contributed by atoms with E-state index in [0.717, 1.165) is 18.7 Å². The van der Waals surface area contributed by atoms with Gasteiger partial charge in [0.15, 0.2) is 0 Å². The Morgan fingerprint density at radius 1 is 1.45 bits per heavy atom. The molecule has 2 rings (SSSR count). The molecular weight excluding hydrogens is 136 g/mol. The summed E-state index contributed by atoms with van der Waals surface area (Å²) in [6.45, 7) is 3.16. The Bertz CT molecular complexity index is 281. The molecular formula is C9H12N2. The molecule has 58 valence electrons. The predicted molar refractivity (Wildman–Crippen MR) is 45.9 cm³/mol. The van der Waals surface area contributed by atoms with E-state index in [1.165, 1.54) is 11.4 Å². The van der Waals surface area contributed by atoms with Crippen LogP contribution in [0, 0.1) is 6.92 Å². The van der Waals surface area contributed by atoms with Crippen LogP contribution in [0.15, 0.2) is 12.1 Å². The fraction of sp³-hybridized carbons (Fsp3) is 0.444. The van der Waals surface area contributed by atoms with E-state index < -0.39 is 0 Å². The van der Waals surface area contributed by atoms with Gasteiger partial charge in [0.25, 0.3) is 0 Å². The van der Waals surface area contributed by atoms with Gasteiger partial charge in [0, 0.05) is 25.7 Å². The van der Waals surface area contributed by atoms with Crippen LogP contribution in [-0.2, 0) is 6.42 Å². The Kier molecular flexibility index (Phi) is 1.34. The summed E-state index contributed by atoms with van der Waals surface area (Å²) in [5.41, 5.74) is 3.68. The zero-order valence-electron chi connectivity index (χ0n) is 6.96. The zero-order chi connectivity index (χ0) is 7.84. The molecule has 1 aliphatic rings. The number of likely N-dealkylation sites (N-methyl/N-ethyl adjacent to an activating group) is 1. The zero-order valence-corrected chi connectivity index (χ0v) is 6.96. The first-order chi connectivity index (χ1) is 5.27. The number of hydrogen-bond donors (Lipinski definition) is 0. The number of rotatable bonds is 0. The number of pyridine rings is 1. The minimum Gasteiger partial charge on any atom is -0.373 e. The summed E-state index contributed by atoms with van der Waals surface area (Å²) in [4.78, 5) is 6.71. The summed E-state index contributed by atoms with van der Waals surface area (Å²) in [6, 6.07) is 4.23. The molecule has 0 bridgehead atoms. The van der Waals surface area contributed by atoms with Gasteiger partial charge in [0.1, 0.15) is 0 Å². The van der Waals surface area contributed by atoms with Gasteiger partial charge in [-0.15, -0.1) is 0 Å². The van der Waals surface area contributed by atoms with Crippen LogP contribution in [0.3, 0.4) is 0 Å². The van der Waals surface area contributed by atoms with E-state index in [-0.39, 0.29) is 0 Å². The van der Waals surface area contributed by atoms with Gasteiger partial charge >= 0.3 is 0 Å². The maximum Gasteiger partial charge on any atom is 0.0657 e. The molecule has 1 aliphatic heterocycles. The van der Waals surface area contributed by atoms with Crippen molar-refractivity contribution in [1.29, 1.82) is 0 Å². The Hall–Kier alpha value is -1.05. The van der Waals surface area contributed by atoms with Crippen LogP contribution in [0.1, 0.15) is 11.4 Å². The van der Waals surface area contributed by atoms with Crippen molar-refractivity contribution in [2.45, 2.75) is 13.3 Å². The lowest BCUT2D eigenvalue weighted by Gasteiger charge is -2.10. The number of fused-ring (bicyclic) bond motifs is 1. The number of hydrogen-bond acceptors (Lipinski definition) is 2. The van der Waals surface area contributed by atoms with E-state index in [9.17, 15) is 0 Å². The van der Waals surface area contributed by atoms with Crippen LogP contribution in [0.5, 0.6) is 0 Å². The first-order valence-corrected chi connectivity index (χ1v) is 3.95. The van der Waals surface area contributed by atoms with Gasteiger partial charge in [-0.25, -0.2) is 0 Å². The van der Waals surface area contributed by atoms with Gasteiger partial charge in [-0.2, -0.15) is 0 Å². The Labute approximate surface area is 66.9 Å². The van der Waals surface area contributed by atoms with Crippen LogP contribution < -0.4 is 4.90 Å². The molecule has 1 aromatic heterocycles. The average Bonchev–Trinajstić information content (AvgIpc) is 2.32. The average molecular weight is 148 g/mol. The van der Waals surface area contributed by atoms with E-state index in [0.29, 0.717) is 0 Å². The first kappa shape index (κ1) is 6.65. The topological polar surface area (TPSA) is 16.1 Å². The van der Waals surface area contributed by atoms with Gasteiger partial charge in [-0.1, -0.05) is 0 Å². The molecule has 1 aromatic rings. The van der Waals surface area contributed by atoms with Crippen molar-refractivity contribution in [1.82, 2.24) is 4.98 Å². The normalized spacial score (nSPS) is 15.3. The number of anilines is 1. The molecule has 0 N–H and O–H groups in total. The minimum absolute atomic E-state index is 1.10. The fourth-order valence-electron chi connectivity index (χ4n) is 1.53. The lowest BCUT2D eigenvalue weighted by Crippen LogP contribution is -2.12. The second kappa shape index (κ2) is 2.22. The second-order valence-corrected chi connectivity index (χ2v) is 3.09. The summed E-state index contributed by atoms with van der Waals surface area (Å²) in [6.07, 6.45) is 1.10.